The molecular formula is C77H136O6. The van der Waals surface area contributed by atoms with Crippen molar-refractivity contribution in [1.82, 2.24) is 0 Å². The Labute approximate surface area is 515 Å². The Kier molecular flexibility index (Phi) is 68.2. The molecule has 0 aromatic rings. The zero-order valence-corrected chi connectivity index (χ0v) is 55.2. The van der Waals surface area contributed by atoms with E-state index in [0.29, 0.717) is 19.3 Å². The summed E-state index contributed by atoms with van der Waals surface area (Å²) in [5.74, 6) is -0.868. The van der Waals surface area contributed by atoms with Gasteiger partial charge in [0.25, 0.3) is 0 Å². The van der Waals surface area contributed by atoms with Crippen molar-refractivity contribution in [3.05, 3.63) is 85.1 Å². The molecule has 83 heavy (non-hydrogen) atoms. The molecular weight excluding hydrogens is 1020 g/mol. The maximum atomic E-state index is 13.0. The second-order valence-corrected chi connectivity index (χ2v) is 24.1. The molecule has 0 radical (unpaired) electrons. The number of hydrogen-bond donors (Lipinski definition) is 0. The predicted molar refractivity (Wildman–Crippen MR) is 362 cm³/mol. The highest BCUT2D eigenvalue weighted by Crippen LogP contribution is 2.18. The number of rotatable bonds is 66. The number of carbonyl (C=O) groups excluding carboxylic acids is 3. The van der Waals surface area contributed by atoms with Gasteiger partial charge in [-0.05, 0) is 116 Å². The van der Waals surface area contributed by atoms with Gasteiger partial charge in [0.1, 0.15) is 13.2 Å². The number of hydrogen-bond acceptors (Lipinski definition) is 6. The molecule has 0 fully saturated rings. The Balaban J connectivity index is 4.25. The molecule has 0 aliphatic carbocycles. The van der Waals surface area contributed by atoms with Gasteiger partial charge in [-0.3, -0.25) is 14.4 Å². The molecule has 0 heterocycles. The number of ether oxygens (including phenoxy) is 3. The molecule has 1 unspecified atom stereocenters. The largest absolute Gasteiger partial charge is 0.462 e. The monoisotopic (exact) mass is 1160 g/mol. The first-order chi connectivity index (χ1) is 41.0. The maximum absolute atomic E-state index is 13.0. The molecule has 1 atom stereocenters. The highest BCUT2D eigenvalue weighted by molar-refractivity contribution is 5.71. The first-order valence-corrected chi connectivity index (χ1v) is 36.1. The lowest BCUT2D eigenvalue weighted by Gasteiger charge is -2.18. The van der Waals surface area contributed by atoms with E-state index in [4.69, 9.17) is 14.2 Å². The second kappa shape index (κ2) is 71.1. The van der Waals surface area contributed by atoms with E-state index in [-0.39, 0.29) is 31.1 Å². The fourth-order valence-corrected chi connectivity index (χ4v) is 10.5. The number of esters is 3. The molecule has 0 saturated carbocycles. The van der Waals surface area contributed by atoms with Crippen molar-refractivity contribution in [2.75, 3.05) is 13.2 Å². The minimum Gasteiger partial charge on any atom is -0.462 e. The van der Waals surface area contributed by atoms with Crippen molar-refractivity contribution in [3.8, 4) is 0 Å². The molecule has 6 nitrogen and oxygen atoms in total. The third kappa shape index (κ3) is 69.3. The number of allylic oxidation sites excluding steroid dienone is 14. The van der Waals surface area contributed by atoms with Crippen LogP contribution in [0.5, 0.6) is 0 Å². The lowest BCUT2D eigenvalue weighted by molar-refractivity contribution is -0.167. The van der Waals surface area contributed by atoms with Crippen LogP contribution in [0.15, 0.2) is 85.1 Å². The van der Waals surface area contributed by atoms with E-state index < -0.39 is 6.10 Å². The molecule has 0 rings (SSSR count). The van der Waals surface area contributed by atoms with Crippen LogP contribution in [0, 0.1) is 0 Å². The summed E-state index contributed by atoms with van der Waals surface area (Å²) in [6.07, 6.45) is 94.7. The van der Waals surface area contributed by atoms with Gasteiger partial charge in [-0.25, -0.2) is 0 Å². The smallest absolute Gasteiger partial charge is 0.306 e. The van der Waals surface area contributed by atoms with Crippen LogP contribution in [0.2, 0.25) is 0 Å². The third-order valence-corrected chi connectivity index (χ3v) is 15.9. The van der Waals surface area contributed by atoms with Crippen molar-refractivity contribution in [2.45, 2.75) is 374 Å². The Bertz CT molecular complexity index is 1570. The average molecular weight is 1160 g/mol. The Morgan fingerprint density at radius 3 is 0.759 bits per heavy atom. The van der Waals surface area contributed by atoms with Crippen LogP contribution in [0.1, 0.15) is 367 Å². The highest BCUT2D eigenvalue weighted by atomic mass is 16.6. The SMILES string of the molecule is CC/C=C\C/C=C\C/C=C\C/C=C\C/C=C\CCCCCCCCCCCCCCCC(=O)OCC(COC(=O)CCCCCCC/C=C\CCCCCC)OC(=O)CCCCCCCCCCCCC/C=C\CCCCCCCCCC. The van der Waals surface area contributed by atoms with Crippen LogP contribution in [0.4, 0.5) is 0 Å². The quantitative estimate of drug-likeness (QED) is 0.0261. The van der Waals surface area contributed by atoms with Gasteiger partial charge in [0.15, 0.2) is 6.10 Å². The van der Waals surface area contributed by atoms with Crippen LogP contribution in [0.3, 0.4) is 0 Å². The summed E-state index contributed by atoms with van der Waals surface area (Å²) in [6.45, 7) is 6.55. The molecule has 0 aliphatic heterocycles. The van der Waals surface area contributed by atoms with Gasteiger partial charge in [0.05, 0.1) is 0 Å². The number of carbonyl (C=O) groups is 3. The Hall–Kier alpha value is -3.41. The first kappa shape index (κ1) is 79.6. The lowest BCUT2D eigenvalue weighted by atomic mass is 10.0. The van der Waals surface area contributed by atoms with Crippen LogP contribution in [0.25, 0.3) is 0 Å². The van der Waals surface area contributed by atoms with Crippen LogP contribution < -0.4 is 0 Å². The molecule has 0 aromatic carbocycles. The van der Waals surface area contributed by atoms with E-state index in [9.17, 15) is 14.4 Å². The number of unbranched alkanes of at least 4 members (excludes halogenated alkanes) is 41. The van der Waals surface area contributed by atoms with Gasteiger partial charge in [-0.2, -0.15) is 0 Å². The second-order valence-electron chi connectivity index (χ2n) is 24.1. The lowest BCUT2D eigenvalue weighted by Crippen LogP contribution is -2.30. The molecule has 0 spiro atoms. The molecule has 6 heteroatoms. The van der Waals surface area contributed by atoms with Crippen LogP contribution in [-0.2, 0) is 28.6 Å². The summed E-state index contributed by atoms with van der Waals surface area (Å²) in [6, 6.07) is 0. The van der Waals surface area contributed by atoms with E-state index >= 15 is 0 Å². The zero-order chi connectivity index (χ0) is 59.9. The van der Waals surface area contributed by atoms with Crippen molar-refractivity contribution >= 4 is 17.9 Å². The minimum absolute atomic E-state index is 0.0768. The summed E-state index contributed by atoms with van der Waals surface area (Å²) in [5, 5.41) is 0. The van der Waals surface area contributed by atoms with Crippen molar-refractivity contribution in [3.63, 3.8) is 0 Å². The maximum Gasteiger partial charge on any atom is 0.306 e. The van der Waals surface area contributed by atoms with Gasteiger partial charge < -0.3 is 14.2 Å². The molecule has 0 aromatic heterocycles. The molecule has 0 bridgehead atoms. The molecule has 480 valence electrons. The fraction of sp³-hybridized carbons (Fsp3) is 0.779. The van der Waals surface area contributed by atoms with E-state index in [1.54, 1.807) is 0 Å². The Morgan fingerprint density at radius 2 is 0.470 bits per heavy atom. The molecule has 0 N–H and O–H groups in total. The average Bonchev–Trinajstić information content (AvgIpc) is 3.49. The standard InChI is InChI=1S/C77H136O6/c1-4-7-10-13-16-19-22-25-27-29-31-33-35-36-37-38-39-40-42-43-45-47-49-52-55-58-61-64-67-70-76(79)82-73-74(72-81-75(78)69-66-63-60-57-54-51-24-21-18-15-12-9-6-3)83-77(80)71-68-65-62-59-56-53-50-48-46-44-41-34-32-30-28-26-23-20-17-14-11-8-5-2/h7,10,16,19,21,24-25,27,30-33,36-37,74H,4-6,8-9,11-15,17-18,20,22-23,26,28-29,34-35,38-73H2,1-3H3/b10-7-,19-16-,24-21-,27-25-,32-30-,33-31-,37-36-. The minimum atomic E-state index is -0.781. The van der Waals surface area contributed by atoms with Gasteiger partial charge in [-0.15, -0.1) is 0 Å². The van der Waals surface area contributed by atoms with Gasteiger partial charge in [-0.1, -0.05) is 318 Å². The molecule has 0 aliphatic rings. The van der Waals surface area contributed by atoms with Crippen molar-refractivity contribution in [2.24, 2.45) is 0 Å². The van der Waals surface area contributed by atoms with E-state index in [1.807, 2.05) is 0 Å². The van der Waals surface area contributed by atoms with E-state index in [2.05, 4.69) is 106 Å². The predicted octanol–water partition coefficient (Wildman–Crippen LogP) is 25.0. The topological polar surface area (TPSA) is 78.9 Å². The fourth-order valence-electron chi connectivity index (χ4n) is 10.5. The zero-order valence-electron chi connectivity index (χ0n) is 55.2. The summed E-state index contributed by atoms with van der Waals surface area (Å²) >= 11 is 0. The third-order valence-electron chi connectivity index (χ3n) is 15.9. The van der Waals surface area contributed by atoms with Crippen LogP contribution in [-0.4, -0.2) is 37.2 Å². The summed E-state index contributed by atoms with van der Waals surface area (Å²) in [5.41, 5.74) is 0. The molecule has 0 amide bonds. The Morgan fingerprint density at radius 1 is 0.253 bits per heavy atom. The van der Waals surface area contributed by atoms with Gasteiger partial charge in [0.2, 0.25) is 0 Å². The van der Waals surface area contributed by atoms with E-state index in [1.165, 1.54) is 231 Å². The van der Waals surface area contributed by atoms with Crippen LogP contribution >= 0.6 is 0 Å². The van der Waals surface area contributed by atoms with Crippen molar-refractivity contribution < 1.29 is 28.6 Å². The van der Waals surface area contributed by atoms with E-state index in [0.717, 1.165) is 96.3 Å². The summed E-state index contributed by atoms with van der Waals surface area (Å²) < 4.78 is 17.0. The normalized spacial score (nSPS) is 12.6. The molecule has 0 saturated heterocycles. The summed E-state index contributed by atoms with van der Waals surface area (Å²) in [4.78, 5) is 38.4. The van der Waals surface area contributed by atoms with Gasteiger partial charge in [0, 0.05) is 19.3 Å². The first-order valence-electron chi connectivity index (χ1n) is 36.1. The van der Waals surface area contributed by atoms with Crippen molar-refractivity contribution in [1.29, 1.82) is 0 Å². The summed E-state index contributed by atoms with van der Waals surface area (Å²) in [7, 11) is 0. The van der Waals surface area contributed by atoms with Gasteiger partial charge >= 0.3 is 17.9 Å². The highest BCUT2D eigenvalue weighted by Gasteiger charge is 2.19.